The molecular weight excluding hydrogens is 192 g/mol. The minimum atomic E-state index is -0.228. The molecule has 0 saturated heterocycles. The molecule has 0 saturated carbocycles. The van der Waals surface area contributed by atoms with Crippen LogP contribution >= 0.6 is 0 Å². The summed E-state index contributed by atoms with van der Waals surface area (Å²) in [6.45, 7) is 7.30. The number of nitriles is 1. The SMILES string of the molecule is CCOC(=O)CNCC(C)(C)CCC#N. The lowest BCUT2D eigenvalue weighted by Crippen LogP contribution is -2.33. The maximum atomic E-state index is 11.0. The fourth-order valence-corrected chi connectivity index (χ4v) is 1.20. The van der Waals surface area contributed by atoms with E-state index in [9.17, 15) is 4.79 Å². The van der Waals surface area contributed by atoms with E-state index in [1.807, 2.05) is 0 Å². The van der Waals surface area contributed by atoms with Crippen LogP contribution in [-0.2, 0) is 9.53 Å². The Kier molecular flexibility index (Phi) is 6.72. The molecule has 0 heterocycles. The monoisotopic (exact) mass is 212 g/mol. The van der Waals surface area contributed by atoms with Gasteiger partial charge in [-0.15, -0.1) is 0 Å². The van der Waals surface area contributed by atoms with Crippen LogP contribution in [0.1, 0.15) is 33.6 Å². The molecule has 0 amide bonds. The molecule has 0 aliphatic heterocycles. The van der Waals surface area contributed by atoms with Gasteiger partial charge in [0.1, 0.15) is 0 Å². The van der Waals surface area contributed by atoms with Crippen LogP contribution in [0.3, 0.4) is 0 Å². The fourth-order valence-electron chi connectivity index (χ4n) is 1.20. The highest BCUT2D eigenvalue weighted by Gasteiger charge is 2.17. The predicted octanol–water partition coefficient (Wildman–Crippen LogP) is 1.47. The number of carbonyl (C=O) groups excluding carboxylic acids is 1. The number of nitrogens with zero attached hydrogens (tertiary/aromatic N) is 1. The van der Waals surface area contributed by atoms with Gasteiger partial charge in [-0.25, -0.2) is 0 Å². The van der Waals surface area contributed by atoms with Gasteiger partial charge in [-0.3, -0.25) is 4.79 Å². The number of carbonyl (C=O) groups is 1. The number of hydrogen-bond donors (Lipinski definition) is 1. The molecule has 4 heteroatoms. The van der Waals surface area contributed by atoms with Crippen molar-refractivity contribution < 1.29 is 9.53 Å². The van der Waals surface area contributed by atoms with Crippen molar-refractivity contribution in [3.63, 3.8) is 0 Å². The van der Waals surface area contributed by atoms with Crippen molar-refractivity contribution in [2.45, 2.75) is 33.6 Å². The summed E-state index contributed by atoms with van der Waals surface area (Å²) in [7, 11) is 0. The average Bonchev–Trinajstić information content (AvgIpc) is 2.15. The summed E-state index contributed by atoms with van der Waals surface area (Å²) in [4.78, 5) is 11.0. The lowest BCUT2D eigenvalue weighted by atomic mass is 9.88. The molecule has 0 spiro atoms. The van der Waals surface area contributed by atoms with Crippen molar-refractivity contribution in [3.8, 4) is 6.07 Å². The van der Waals surface area contributed by atoms with E-state index in [0.29, 0.717) is 19.6 Å². The maximum absolute atomic E-state index is 11.0. The third kappa shape index (κ3) is 7.95. The van der Waals surface area contributed by atoms with Gasteiger partial charge in [0.05, 0.1) is 19.2 Å². The van der Waals surface area contributed by atoms with Crippen LogP contribution in [0.4, 0.5) is 0 Å². The van der Waals surface area contributed by atoms with Crippen molar-refractivity contribution in [2.75, 3.05) is 19.7 Å². The maximum Gasteiger partial charge on any atom is 0.319 e. The molecule has 0 unspecified atom stereocenters. The molecule has 4 nitrogen and oxygen atoms in total. The van der Waals surface area contributed by atoms with Crippen LogP contribution in [0, 0.1) is 16.7 Å². The first-order chi connectivity index (χ1) is 7.02. The van der Waals surface area contributed by atoms with E-state index in [-0.39, 0.29) is 17.9 Å². The normalized spacial score (nSPS) is 10.8. The van der Waals surface area contributed by atoms with E-state index in [1.54, 1.807) is 6.92 Å². The Morgan fingerprint density at radius 1 is 1.53 bits per heavy atom. The molecule has 0 atom stereocenters. The first-order valence-corrected chi connectivity index (χ1v) is 5.25. The number of esters is 1. The Bertz CT molecular complexity index is 231. The fraction of sp³-hybridized carbons (Fsp3) is 0.818. The van der Waals surface area contributed by atoms with E-state index in [0.717, 1.165) is 6.42 Å². The van der Waals surface area contributed by atoms with Gasteiger partial charge in [-0.1, -0.05) is 13.8 Å². The molecule has 0 aromatic carbocycles. The van der Waals surface area contributed by atoms with Gasteiger partial charge in [0.25, 0.3) is 0 Å². The Morgan fingerprint density at radius 3 is 2.73 bits per heavy atom. The summed E-state index contributed by atoms with van der Waals surface area (Å²) in [5, 5.41) is 11.5. The van der Waals surface area contributed by atoms with Crippen LogP contribution in [-0.4, -0.2) is 25.7 Å². The molecule has 0 aromatic heterocycles. The first kappa shape index (κ1) is 13.9. The lowest BCUT2D eigenvalue weighted by molar-refractivity contribution is -0.142. The van der Waals surface area contributed by atoms with E-state index in [4.69, 9.17) is 10.00 Å². The van der Waals surface area contributed by atoms with E-state index in [1.165, 1.54) is 0 Å². The number of rotatable bonds is 7. The predicted molar refractivity (Wildman–Crippen MR) is 58.1 cm³/mol. The second-order valence-electron chi connectivity index (χ2n) is 4.23. The number of ether oxygens (including phenoxy) is 1. The Balaban J connectivity index is 3.65. The van der Waals surface area contributed by atoms with E-state index >= 15 is 0 Å². The molecule has 86 valence electrons. The standard InChI is InChI=1S/C11H20N2O2/c1-4-15-10(14)8-13-9-11(2,3)6-5-7-12/h13H,4-6,8-9H2,1-3H3. The highest BCUT2D eigenvalue weighted by Crippen LogP contribution is 2.20. The quantitative estimate of drug-likeness (QED) is 0.649. The topological polar surface area (TPSA) is 62.1 Å². The molecule has 0 fully saturated rings. The molecular formula is C11H20N2O2. The third-order valence-electron chi connectivity index (χ3n) is 2.09. The molecule has 0 aromatic rings. The first-order valence-electron chi connectivity index (χ1n) is 5.25. The van der Waals surface area contributed by atoms with Crippen molar-refractivity contribution in [3.05, 3.63) is 0 Å². The zero-order valence-corrected chi connectivity index (χ0v) is 9.80. The summed E-state index contributed by atoms with van der Waals surface area (Å²) in [5.41, 5.74) is 0.0439. The minimum absolute atomic E-state index is 0.0439. The number of nitrogens with one attached hydrogen (secondary N) is 1. The summed E-state index contributed by atoms with van der Waals surface area (Å²) in [6.07, 6.45) is 1.38. The van der Waals surface area contributed by atoms with Gasteiger partial charge in [-0.05, 0) is 18.8 Å². The Labute approximate surface area is 91.6 Å². The largest absolute Gasteiger partial charge is 0.465 e. The van der Waals surface area contributed by atoms with Gasteiger partial charge in [-0.2, -0.15) is 5.26 Å². The van der Waals surface area contributed by atoms with Crippen LogP contribution in [0.15, 0.2) is 0 Å². The molecule has 0 rings (SSSR count). The van der Waals surface area contributed by atoms with E-state index in [2.05, 4.69) is 25.2 Å². The lowest BCUT2D eigenvalue weighted by Gasteiger charge is -2.23. The van der Waals surface area contributed by atoms with Crippen molar-refractivity contribution in [1.82, 2.24) is 5.32 Å². The van der Waals surface area contributed by atoms with Crippen LogP contribution < -0.4 is 5.32 Å². The summed E-state index contributed by atoms with van der Waals surface area (Å²) < 4.78 is 4.78. The van der Waals surface area contributed by atoms with Crippen molar-refractivity contribution in [2.24, 2.45) is 5.41 Å². The van der Waals surface area contributed by atoms with Crippen LogP contribution in [0.5, 0.6) is 0 Å². The third-order valence-corrected chi connectivity index (χ3v) is 2.09. The second-order valence-corrected chi connectivity index (χ2v) is 4.23. The number of hydrogen-bond acceptors (Lipinski definition) is 4. The summed E-state index contributed by atoms with van der Waals surface area (Å²) in [5.74, 6) is -0.228. The second kappa shape index (κ2) is 7.24. The van der Waals surface area contributed by atoms with Gasteiger partial charge in [0.2, 0.25) is 0 Å². The molecule has 0 aliphatic carbocycles. The van der Waals surface area contributed by atoms with Gasteiger partial charge >= 0.3 is 5.97 Å². The minimum Gasteiger partial charge on any atom is -0.465 e. The van der Waals surface area contributed by atoms with Gasteiger partial charge in [0.15, 0.2) is 0 Å². The zero-order valence-electron chi connectivity index (χ0n) is 9.80. The molecule has 1 N–H and O–H groups in total. The van der Waals surface area contributed by atoms with Crippen LogP contribution in [0.25, 0.3) is 0 Å². The zero-order chi connectivity index (χ0) is 11.7. The molecule has 0 aliphatic rings. The van der Waals surface area contributed by atoms with Gasteiger partial charge in [0, 0.05) is 13.0 Å². The average molecular weight is 212 g/mol. The van der Waals surface area contributed by atoms with Crippen LogP contribution in [0.2, 0.25) is 0 Å². The molecule has 15 heavy (non-hydrogen) atoms. The van der Waals surface area contributed by atoms with Crippen molar-refractivity contribution >= 4 is 5.97 Å². The highest BCUT2D eigenvalue weighted by molar-refractivity contribution is 5.71. The highest BCUT2D eigenvalue weighted by atomic mass is 16.5. The smallest absolute Gasteiger partial charge is 0.319 e. The van der Waals surface area contributed by atoms with Crippen molar-refractivity contribution in [1.29, 1.82) is 5.26 Å². The molecule has 0 bridgehead atoms. The van der Waals surface area contributed by atoms with Gasteiger partial charge < -0.3 is 10.1 Å². The Hall–Kier alpha value is -1.08. The molecule has 0 radical (unpaired) electrons. The Morgan fingerprint density at radius 2 is 2.20 bits per heavy atom. The summed E-state index contributed by atoms with van der Waals surface area (Å²) in [6, 6.07) is 2.12. The summed E-state index contributed by atoms with van der Waals surface area (Å²) >= 11 is 0. The van der Waals surface area contributed by atoms with E-state index < -0.39 is 0 Å².